The minimum absolute atomic E-state index is 0.0143. The summed E-state index contributed by atoms with van der Waals surface area (Å²) in [7, 11) is 3.82. The van der Waals surface area contributed by atoms with Crippen LogP contribution in [-0.4, -0.2) is 54.5 Å². The first-order chi connectivity index (χ1) is 10.2. The Labute approximate surface area is 130 Å². The number of hydrogen-bond donors (Lipinski definition) is 3. The summed E-state index contributed by atoms with van der Waals surface area (Å²) >= 11 is 0. The normalized spacial score (nSPS) is 14.0. The van der Waals surface area contributed by atoms with Crippen molar-refractivity contribution in [2.24, 2.45) is 4.99 Å². The van der Waals surface area contributed by atoms with E-state index in [4.69, 9.17) is 9.99 Å². The van der Waals surface area contributed by atoms with Gasteiger partial charge in [-0.05, 0) is 19.3 Å². The third kappa shape index (κ3) is 11.2. The fourth-order valence-electron chi connectivity index (χ4n) is 1.33. The molecular formula is C11H19N3O5S2. The monoisotopic (exact) mass is 337 g/mol. The van der Waals surface area contributed by atoms with E-state index in [-0.39, 0.29) is 25.6 Å². The van der Waals surface area contributed by atoms with E-state index < -0.39 is 6.09 Å². The molecule has 8 nitrogen and oxygen atoms in total. The summed E-state index contributed by atoms with van der Waals surface area (Å²) in [5.41, 5.74) is 0. The summed E-state index contributed by atoms with van der Waals surface area (Å²) in [6, 6.07) is 0. The molecule has 1 aliphatic heterocycles. The lowest BCUT2D eigenvalue weighted by Crippen LogP contribution is -2.27. The summed E-state index contributed by atoms with van der Waals surface area (Å²) in [5, 5.41) is 12.9. The highest BCUT2D eigenvalue weighted by atomic mass is 33.2. The van der Waals surface area contributed by atoms with E-state index in [9.17, 15) is 9.59 Å². The standard InChI is InChI=1S/C11H19N3O5S2/c15-9(13-4-2-1-3-10-20-21-10)7-12-8-18-6-5-14-11(16)19-17/h8,10,17H,1-7H2,(H,13,15)(H,14,16). The van der Waals surface area contributed by atoms with Crippen molar-refractivity contribution >= 4 is 40.0 Å². The fourth-order valence-corrected chi connectivity index (χ4v) is 2.74. The number of unbranched alkanes of at least 4 members (excludes halogenated alkanes) is 1. The summed E-state index contributed by atoms with van der Waals surface area (Å²) in [4.78, 5) is 29.0. The summed E-state index contributed by atoms with van der Waals surface area (Å²) < 4.78 is 5.70. The van der Waals surface area contributed by atoms with Gasteiger partial charge < -0.3 is 15.4 Å². The number of ether oxygens (including phenoxy) is 1. The highest BCUT2D eigenvalue weighted by Gasteiger charge is 2.22. The maximum atomic E-state index is 11.4. The molecule has 1 heterocycles. The van der Waals surface area contributed by atoms with E-state index in [0.717, 1.165) is 23.8 Å². The minimum Gasteiger partial charge on any atom is -0.482 e. The average molecular weight is 337 g/mol. The maximum absolute atomic E-state index is 11.4. The summed E-state index contributed by atoms with van der Waals surface area (Å²) in [6.45, 7) is 1.01. The quantitative estimate of drug-likeness (QED) is 0.0989. The van der Waals surface area contributed by atoms with Crippen molar-refractivity contribution in [3.05, 3.63) is 0 Å². The van der Waals surface area contributed by atoms with E-state index in [1.54, 1.807) is 0 Å². The van der Waals surface area contributed by atoms with Crippen LogP contribution in [0.4, 0.5) is 4.79 Å². The molecule has 0 unspecified atom stereocenters. The Morgan fingerprint density at radius 2 is 2.05 bits per heavy atom. The Morgan fingerprint density at radius 1 is 1.24 bits per heavy atom. The second-order valence-electron chi connectivity index (χ2n) is 4.09. The second-order valence-corrected chi connectivity index (χ2v) is 7.07. The molecule has 1 rings (SSSR count). The van der Waals surface area contributed by atoms with Crippen LogP contribution < -0.4 is 10.6 Å². The zero-order chi connectivity index (χ0) is 15.3. The zero-order valence-corrected chi connectivity index (χ0v) is 13.1. The highest BCUT2D eigenvalue weighted by molar-refractivity contribution is 8.92. The Kier molecular flexibility index (Phi) is 9.83. The second kappa shape index (κ2) is 11.5. The van der Waals surface area contributed by atoms with Crippen molar-refractivity contribution in [1.82, 2.24) is 10.6 Å². The van der Waals surface area contributed by atoms with Gasteiger partial charge in [0.2, 0.25) is 5.91 Å². The van der Waals surface area contributed by atoms with Crippen LogP contribution in [0.25, 0.3) is 0 Å². The molecule has 0 bridgehead atoms. The Hall–Kier alpha value is -1.13. The Morgan fingerprint density at radius 3 is 2.76 bits per heavy atom. The molecule has 0 atom stereocenters. The number of aliphatic imine (C=N–C) groups is 1. The van der Waals surface area contributed by atoms with Crippen LogP contribution >= 0.6 is 21.6 Å². The number of amides is 2. The molecule has 21 heavy (non-hydrogen) atoms. The first-order valence-corrected chi connectivity index (χ1v) is 8.78. The van der Waals surface area contributed by atoms with Crippen molar-refractivity contribution in [2.45, 2.75) is 23.8 Å². The lowest BCUT2D eigenvalue weighted by atomic mass is 10.2. The lowest BCUT2D eigenvalue weighted by molar-refractivity contribution is -0.177. The summed E-state index contributed by atoms with van der Waals surface area (Å²) in [6.07, 6.45) is 3.52. The molecule has 10 heteroatoms. The van der Waals surface area contributed by atoms with Crippen molar-refractivity contribution in [2.75, 3.05) is 26.2 Å². The van der Waals surface area contributed by atoms with Crippen LogP contribution in [0.3, 0.4) is 0 Å². The molecule has 1 saturated heterocycles. The highest BCUT2D eigenvalue weighted by Crippen LogP contribution is 2.55. The largest absolute Gasteiger partial charge is 0.482 e. The van der Waals surface area contributed by atoms with Gasteiger partial charge in [0, 0.05) is 6.54 Å². The molecule has 0 saturated carbocycles. The predicted molar refractivity (Wildman–Crippen MR) is 82.3 cm³/mol. The number of hydrogen-bond acceptors (Lipinski definition) is 8. The molecule has 3 N–H and O–H groups in total. The van der Waals surface area contributed by atoms with E-state index in [2.05, 4.69) is 20.5 Å². The zero-order valence-electron chi connectivity index (χ0n) is 11.4. The topological polar surface area (TPSA) is 109 Å². The predicted octanol–water partition coefficient (Wildman–Crippen LogP) is 1.24. The van der Waals surface area contributed by atoms with Crippen LogP contribution in [0.5, 0.6) is 0 Å². The van der Waals surface area contributed by atoms with Crippen molar-refractivity contribution in [3.63, 3.8) is 0 Å². The number of rotatable bonds is 11. The molecule has 1 fully saturated rings. The smallest absolute Gasteiger partial charge is 0.438 e. The van der Waals surface area contributed by atoms with Gasteiger partial charge in [0.15, 0.2) is 6.40 Å². The number of nitrogens with one attached hydrogen (secondary N) is 2. The molecule has 0 aromatic heterocycles. The number of carbonyl (C=O) groups excluding carboxylic acids is 2. The molecular weight excluding hydrogens is 318 g/mol. The van der Waals surface area contributed by atoms with Crippen molar-refractivity contribution < 1.29 is 24.5 Å². The Bertz CT molecular complexity index is 353. The fraction of sp³-hybridized carbons (Fsp3) is 0.727. The van der Waals surface area contributed by atoms with Gasteiger partial charge in [0.1, 0.15) is 13.2 Å². The van der Waals surface area contributed by atoms with Gasteiger partial charge in [0.25, 0.3) is 0 Å². The molecule has 0 aromatic rings. The van der Waals surface area contributed by atoms with Gasteiger partial charge in [-0.1, -0.05) is 21.6 Å². The first-order valence-electron chi connectivity index (χ1n) is 6.50. The summed E-state index contributed by atoms with van der Waals surface area (Å²) in [5.74, 6) is -0.146. The van der Waals surface area contributed by atoms with Crippen molar-refractivity contribution in [3.8, 4) is 0 Å². The molecule has 0 aromatic carbocycles. The van der Waals surface area contributed by atoms with Crippen LogP contribution in [0, 0.1) is 0 Å². The van der Waals surface area contributed by atoms with Crippen molar-refractivity contribution in [1.29, 1.82) is 0 Å². The lowest BCUT2D eigenvalue weighted by Gasteiger charge is -2.03. The van der Waals surface area contributed by atoms with Gasteiger partial charge in [-0.25, -0.2) is 9.79 Å². The molecule has 0 spiro atoms. The van der Waals surface area contributed by atoms with Gasteiger partial charge in [-0.2, -0.15) is 5.26 Å². The van der Waals surface area contributed by atoms with Crippen LogP contribution in [0.1, 0.15) is 19.3 Å². The van der Waals surface area contributed by atoms with E-state index in [1.165, 1.54) is 6.42 Å². The Balaban J connectivity index is 1.84. The molecule has 120 valence electrons. The molecule has 0 radical (unpaired) electrons. The number of carbonyl (C=O) groups is 2. The third-order valence-electron chi connectivity index (χ3n) is 2.38. The van der Waals surface area contributed by atoms with Crippen LogP contribution in [0.2, 0.25) is 0 Å². The molecule has 0 aliphatic carbocycles. The average Bonchev–Trinajstić information content (AvgIpc) is 3.29. The number of nitrogens with zero attached hydrogens (tertiary/aromatic N) is 1. The van der Waals surface area contributed by atoms with E-state index in [0.29, 0.717) is 6.54 Å². The maximum Gasteiger partial charge on any atom is 0.438 e. The molecule has 2 amide bonds. The molecule has 1 aliphatic rings. The third-order valence-corrected chi connectivity index (χ3v) is 4.71. The van der Waals surface area contributed by atoms with Gasteiger partial charge in [0.05, 0.1) is 11.1 Å². The van der Waals surface area contributed by atoms with Crippen LogP contribution in [-0.2, 0) is 14.4 Å². The van der Waals surface area contributed by atoms with Gasteiger partial charge in [-0.15, -0.1) is 0 Å². The SMILES string of the molecule is O=C(CN=COCCNC(=O)OO)NCCCCC1SS1. The van der Waals surface area contributed by atoms with Crippen LogP contribution in [0.15, 0.2) is 4.99 Å². The van der Waals surface area contributed by atoms with Gasteiger partial charge in [-0.3, -0.25) is 9.68 Å². The first kappa shape index (κ1) is 17.9. The van der Waals surface area contributed by atoms with Gasteiger partial charge >= 0.3 is 6.09 Å². The minimum atomic E-state index is -0.950. The van der Waals surface area contributed by atoms with E-state index in [1.807, 2.05) is 21.6 Å². The van der Waals surface area contributed by atoms with E-state index >= 15 is 0 Å².